The molecule has 3 aromatic heterocycles. The van der Waals surface area contributed by atoms with Gasteiger partial charge in [0.15, 0.2) is 0 Å². The van der Waals surface area contributed by atoms with Crippen LogP contribution in [0.15, 0.2) is 33.3 Å². The number of nitrogens with zero attached hydrogens (tertiary/aromatic N) is 3. The summed E-state index contributed by atoms with van der Waals surface area (Å²) in [5, 5.41) is 9.60. The molecule has 0 spiro atoms. The van der Waals surface area contributed by atoms with Crippen LogP contribution >= 0.6 is 23.1 Å². The molecule has 0 radical (unpaired) electrons. The number of thioether (sulfide) groups is 1. The van der Waals surface area contributed by atoms with Crippen molar-refractivity contribution in [3.8, 4) is 10.8 Å². The van der Waals surface area contributed by atoms with E-state index in [1.807, 2.05) is 24.4 Å². The van der Waals surface area contributed by atoms with E-state index < -0.39 is 0 Å². The molecule has 5 nitrogen and oxygen atoms in total. The predicted octanol–water partition coefficient (Wildman–Crippen LogP) is 3.12. The molecular weight excluding hydrogens is 268 g/mol. The van der Waals surface area contributed by atoms with Crippen molar-refractivity contribution in [2.24, 2.45) is 0 Å². The maximum absolute atomic E-state index is 5.44. The fraction of sp³-hybridized carbons (Fsp3) is 0.182. The Balaban J connectivity index is 1.67. The number of rotatable bonds is 4. The Kier molecular flexibility index (Phi) is 3.16. The molecule has 0 saturated heterocycles. The van der Waals surface area contributed by atoms with Gasteiger partial charge in [-0.2, -0.15) is 0 Å². The van der Waals surface area contributed by atoms with Crippen LogP contribution in [-0.2, 0) is 5.75 Å². The molecule has 3 aromatic rings. The summed E-state index contributed by atoms with van der Waals surface area (Å²) in [5.74, 6) is 2.19. The van der Waals surface area contributed by atoms with Crippen LogP contribution in [0, 0.1) is 6.92 Å². The van der Waals surface area contributed by atoms with Crippen LogP contribution in [0.4, 0.5) is 0 Å². The second kappa shape index (κ2) is 4.95. The maximum Gasteiger partial charge on any atom is 0.236 e. The van der Waals surface area contributed by atoms with E-state index in [0.29, 0.717) is 11.6 Å². The maximum atomic E-state index is 5.44. The summed E-state index contributed by atoms with van der Waals surface area (Å²) in [5.41, 5.74) is 0.894. The molecule has 3 rings (SSSR count). The molecule has 0 fully saturated rings. The van der Waals surface area contributed by atoms with Crippen molar-refractivity contribution >= 4 is 23.1 Å². The highest BCUT2D eigenvalue weighted by Gasteiger charge is 2.09. The van der Waals surface area contributed by atoms with Crippen LogP contribution < -0.4 is 0 Å². The van der Waals surface area contributed by atoms with Crippen molar-refractivity contribution in [3.63, 3.8) is 0 Å². The summed E-state index contributed by atoms with van der Waals surface area (Å²) in [6.07, 6.45) is 1.68. The lowest BCUT2D eigenvalue weighted by molar-refractivity contribution is 0.575. The number of oxazole rings is 1. The van der Waals surface area contributed by atoms with Crippen molar-refractivity contribution in [2.75, 3.05) is 0 Å². The lowest BCUT2D eigenvalue weighted by Gasteiger charge is -1.90. The molecule has 92 valence electrons. The van der Waals surface area contributed by atoms with Gasteiger partial charge in [0.1, 0.15) is 12.1 Å². The number of aromatic nitrogens is 4. The monoisotopic (exact) mass is 278 g/mol. The fourth-order valence-electron chi connectivity index (χ4n) is 1.41. The Hall–Kier alpha value is -1.60. The highest BCUT2D eigenvalue weighted by molar-refractivity contribution is 7.98. The average molecular weight is 278 g/mol. The number of hydrogen-bond acceptors (Lipinski definition) is 6. The molecule has 0 aliphatic heterocycles. The molecule has 0 bridgehead atoms. The van der Waals surface area contributed by atoms with Crippen molar-refractivity contribution in [2.45, 2.75) is 17.8 Å². The largest absolute Gasteiger partial charge is 0.444 e. The van der Waals surface area contributed by atoms with E-state index in [1.54, 1.807) is 17.6 Å². The van der Waals surface area contributed by atoms with Crippen molar-refractivity contribution in [1.29, 1.82) is 0 Å². The molecule has 7 heteroatoms. The number of aryl methyl sites for hydroxylation is 1. The molecule has 0 saturated carbocycles. The van der Waals surface area contributed by atoms with Gasteiger partial charge < -0.3 is 4.42 Å². The molecule has 0 aliphatic carbocycles. The first-order valence-electron chi connectivity index (χ1n) is 5.31. The molecule has 0 atom stereocenters. The molecule has 18 heavy (non-hydrogen) atoms. The lowest BCUT2D eigenvalue weighted by Crippen LogP contribution is -1.82. The third-order valence-electron chi connectivity index (χ3n) is 2.21. The van der Waals surface area contributed by atoms with Crippen LogP contribution in [0.1, 0.15) is 11.5 Å². The minimum atomic E-state index is 0.673. The Morgan fingerprint density at radius 3 is 3.11 bits per heavy atom. The SMILES string of the molecule is Cc1nc(SCc2coc(-c3cccs3)n2)n[nH]1. The van der Waals surface area contributed by atoms with Gasteiger partial charge in [0.25, 0.3) is 0 Å². The van der Waals surface area contributed by atoms with E-state index in [0.717, 1.165) is 21.6 Å². The molecule has 3 heterocycles. The summed E-state index contributed by atoms with van der Waals surface area (Å²) in [6.45, 7) is 1.88. The fourth-order valence-corrected chi connectivity index (χ4v) is 2.79. The van der Waals surface area contributed by atoms with Crippen LogP contribution in [0.25, 0.3) is 10.8 Å². The Morgan fingerprint density at radius 2 is 2.39 bits per heavy atom. The molecule has 1 N–H and O–H groups in total. The second-order valence-corrected chi connectivity index (χ2v) is 5.50. The predicted molar refractivity (Wildman–Crippen MR) is 70.5 cm³/mol. The Morgan fingerprint density at radius 1 is 1.44 bits per heavy atom. The normalized spacial score (nSPS) is 10.9. The molecule has 0 unspecified atom stereocenters. The second-order valence-electron chi connectivity index (χ2n) is 3.61. The summed E-state index contributed by atoms with van der Waals surface area (Å²) in [6, 6.07) is 3.97. The third-order valence-corrected chi connectivity index (χ3v) is 3.95. The zero-order chi connectivity index (χ0) is 12.4. The standard InChI is InChI=1S/C11H10N4OS2/c1-7-12-11(15-14-7)18-6-8-5-16-10(13-8)9-3-2-4-17-9/h2-5H,6H2,1H3,(H,12,14,15). The zero-order valence-corrected chi connectivity index (χ0v) is 11.2. The van der Waals surface area contributed by atoms with E-state index in [2.05, 4.69) is 20.2 Å². The van der Waals surface area contributed by atoms with Gasteiger partial charge in [0.05, 0.1) is 10.6 Å². The number of aromatic amines is 1. The van der Waals surface area contributed by atoms with Gasteiger partial charge in [0.2, 0.25) is 11.0 Å². The Labute approximate surface area is 112 Å². The molecular formula is C11H10N4OS2. The lowest BCUT2D eigenvalue weighted by atomic mass is 10.5. The van der Waals surface area contributed by atoms with Gasteiger partial charge in [-0.05, 0) is 18.4 Å². The van der Waals surface area contributed by atoms with Crippen molar-refractivity contribution in [3.05, 3.63) is 35.3 Å². The number of thiophene rings is 1. The first-order valence-corrected chi connectivity index (χ1v) is 7.18. The van der Waals surface area contributed by atoms with E-state index in [9.17, 15) is 0 Å². The Bertz CT molecular complexity index is 629. The van der Waals surface area contributed by atoms with Crippen LogP contribution in [0.5, 0.6) is 0 Å². The van der Waals surface area contributed by atoms with E-state index in [1.165, 1.54) is 11.8 Å². The van der Waals surface area contributed by atoms with Crippen molar-refractivity contribution in [1.82, 2.24) is 20.2 Å². The van der Waals surface area contributed by atoms with Gasteiger partial charge in [-0.1, -0.05) is 17.8 Å². The highest BCUT2D eigenvalue weighted by atomic mass is 32.2. The smallest absolute Gasteiger partial charge is 0.236 e. The van der Waals surface area contributed by atoms with E-state index >= 15 is 0 Å². The number of nitrogens with one attached hydrogen (secondary N) is 1. The number of hydrogen-bond donors (Lipinski definition) is 1. The highest BCUT2D eigenvalue weighted by Crippen LogP contribution is 2.25. The summed E-state index contributed by atoms with van der Waals surface area (Å²) in [4.78, 5) is 9.70. The quantitative estimate of drug-likeness (QED) is 0.743. The van der Waals surface area contributed by atoms with Crippen molar-refractivity contribution < 1.29 is 4.42 Å². The first-order chi connectivity index (χ1) is 8.81. The van der Waals surface area contributed by atoms with E-state index in [4.69, 9.17) is 4.42 Å². The summed E-state index contributed by atoms with van der Waals surface area (Å²) in [7, 11) is 0. The van der Waals surface area contributed by atoms with Crippen LogP contribution in [0.3, 0.4) is 0 Å². The van der Waals surface area contributed by atoms with E-state index in [-0.39, 0.29) is 0 Å². The van der Waals surface area contributed by atoms with Crippen LogP contribution in [0.2, 0.25) is 0 Å². The minimum absolute atomic E-state index is 0.673. The number of H-pyrrole nitrogens is 1. The van der Waals surface area contributed by atoms with Gasteiger partial charge >= 0.3 is 0 Å². The molecule has 0 aliphatic rings. The zero-order valence-electron chi connectivity index (χ0n) is 9.58. The van der Waals surface area contributed by atoms with Gasteiger partial charge in [-0.15, -0.1) is 16.4 Å². The minimum Gasteiger partial charge on any atom is -0.444 e. The van der Waals surface area contributed by atoms with Gasteiger partial charge in [-0.25, -0.2) is 9.97 Å². The van der Waals surface area contributed by atoms with Crippen LogP contribution in [-0.4, -0.2) is 20.2 Å². The summed E-state index contributed by atoms with van der Waals surface area (Å²) < 4.78 is 5.44. The topological polar surface area (TPSA) is 67.6 Å². The third kappa shape index (κ3) is 2.46. The first kappa shape index (κ1) is 11.5. The average Bonchev–Trinajstić information content (AvgIpc) is 3.07. The molecule has 0 aromatic carbocycles. The van der Waals surface area contributed by atoms with Gasteiger partial charge in [-0.3, -0.25) is 5.10 Å². The van der Waals surface area contributed by atoms with Gasteiger partial charge in [0, 0.05) is 5.75 Å². The summed E-state index contributed by atoms with van der Waals surface area (Å²) >= 11 is 3.15. The molecule has 0 amide bonds.